The van der Waals surface area contributed by atoms with E-state index in [9.17, 15) is 4.79 Å². The molecule has 2 amide bonds. The lowest BCUT2D eigenvalue weighted by molar-refractivity contribution is 0.0801. The Hall–Kier alpha value is -1.56. The number of aryl methyl sites for hydroxylation is 2. The highest BCUT2D eigenvalue weighted by atomic mass is 16.5. The molecule has 0 radical (unpaired) electrons. The van der Waals surface area contributed by atoms with Crippen molar-refractivity contribution in [3.05, 3.63) is 17.0 Å². The molecule has 1 aliphatic heterocycles. The van der Waals surface area contributed by atoms with Crippen LogP contribution in [0.2, 0.25) is 0 Å². The number of urea groups is 1. The van der Waals surface area contributed by atoms with Gasteiger partial charge in [-0.25, -0.2) is 4.79 Å². The van der Waals surface area contributed by atoms with Gasteiger partial charge < -0.3 is 19.9 Å². The van der Waals surface area contributed by atoms with Crippen LogP contribution >= 0.6 is 0 Å². The second-order valence-electron chi connectivity index (χ2n) is 4.52. The van der Waals surface area contributed by atoms with Crippen LogP contribution in [0.4, 0.5) is 4.79 Å². The van der Waals surface area contributed by atoms with Crippen molar-refractivity contribution >= 4 is 6.03 Å². The average Bonchev–Trinajstić information content (AvgIpc) is 2.68. The van der Waals surface area contributed by atoms with Gasteiger partial charge in [-0.3, -0.25) is 0 Å². The zero-order chi connectivity index (χ0) is 13.0. The minimum absolute atomic E-state index is 0.151. The lowest BCUT2D eigenvalue weighted by Crippen LogP contribution is -2.44. The number of hydrogen-bond donors (Lipinski definition) is 2. The Morgan fingerprint density at radius 2 is 2.11 bits per heavy atom. The van der Waals surface area contributed by atoms with Crippen LogP contribution in [0, 0.1) is 13.8 Å². The largest absolute Gasteiger partial charge is 0.381 e. The number of nitrogens with zero attached hydrogens (tertiary/aromatic N) is 1. The number of aromatic nitrogens is 1. The highest BCUT2D eigenvalue weighted by Gasteiger charge is 2.16. The quantitative estimate of drug-likeness (QED) is 0.850. The van der Waals surface area contributed by atoms with Gasteiger partial charge in [0.2, 0.25) is 0 Å². The Morgan fingerprint density at radius 3 is 2.72 bits per heavy atom. The fourth-order valence-corrected chi connectivity index (χ4v) is 2.00. The molecular weight excluding hydrogens is 234 g/mol. The van der Waals surface area contributed by atoms with Crippen LogP contribution in [0.1, 0.15) is 29.9 Å². The van der Waals surface area contributed by atoms with E-state index in [-0.39, 0.29) is 12.1 Å². The number of carbonyl (C=O) groups is 1. The Morgan fingerprint density at radius 1 is 1.39 bits per heavy atom. The summed E-state index contributed by atoms with van der Waals surface area (Å²) in [6.07, 6.45) is 1.75. The molecule has 6 nitrogen and oxygen atoms in total. The molecule has 1 saturated heterocycles. The Bertz CT molecular complexity index is 391. The molecule has 0 aromatic carbocycles. The van der Waals surface area contributed by atoms with E-state index in [4.69, 9.17) is 9.26 Å². The second-order valence-corrected chi connectivity index (χ2v) is 4.52. The average molecular weight is 253 g/mol. The minimum atomic E-state index is -0.151. The maximum Gasteiger partial charge on any atom is 0.315 e. The van der Waals surface area contributed by atoms with E-state index in [1.807, 2.05) is 13.8 Å². The van der Waals surface area contributed by atoms with Crippen LogP contribution in [0.25, 0.3) is 0 Å². The van der Waals surface area contributed by atoms with Gasteiger partial charge in [0.05, 0.1) is 5.69 Å². The first-order valence-corrected chi connectivity index (χ1v) is 6.20. The van der Waals surface area contributed by atoms with Gasteiger partial charge in [0, 0.05) is 31.4 Å². The number of ether oxygens (including phenoxy) is 1. The van der Waals surface area contributed by atoms with Crippen molar-refractivity contribution in [1.82, 2.24) is 15.8 Å². The predicted molar refractivity (Wildman–Crippen MR) is 65.2 cm³/mol. The summed E-state index contributed by atoms with van der Waals surface area (Å²) >= 11 is 0. The molecule has 1 aromatic rings. The van der Waals surface area contributed by atoms with E-state index in [1.54, 1.807) is 0 Å². The summed E-state index contributed by atoms with van der Waals surface area (Å²) in [5.74, 6) is 0.749. The van der Waals surface area contributed by atoms with Crippen molar-refractivity contribution in [1.29, 1.82) is 0 Å². The summed E-state index contributed by atoms with van der Waals surface area (Å²) in [6.45, 7) is 5.58. The summed E-state index contributed by atoms with van der Waals surface area (Å²) < 4.78 is 10.3. The topological polar surface area (TPSA) is 76.4 Å². The normalized spacial score (nSPS) is 16.6. The van der Waals surface area contributed by atoms with Crippen LogP contribution in [-0.4, -0.2) is 30.4 Å². The zero-order valence-electron chi connectivity index (χ0n) is 10.8. The summed E-state index contributed by atoms with van der Waals surface area (Å²) in [5.41, 5.74) is 1.76. The Kier molecular flexibility index (Phi) is 4.19. The third kappa shape index (κ3) is 3.22. The molecule has 6 heteroatoms. The standard InChI is InChI=1S/C12H19N3O3/c1-8-11(9(2)18-15-8)7-13-12(16)14-10-3-5-17-6-4-10/h10H,3-7H2,1-2H3,(H2,13,14,16). The predicted octanol–water partition coefficient (Wildman–Crippen LogP) is 1.27. The van der Waals surface area contributed by atoms with Crippen molar-refractivity contribution < 1.29 is 14.1 Å². The summed E-state index contributed by atoms with van der Waals surface area (Å²) in [5, 5.41) is 9.61. The van der Waals surface area contributed by atoms with Gasteiger partial charge in [0.15, 0.2) is 0 Å². The molecule has 0 bridgehead atoms. The summed E-state index contributed by atoms with van der Waals surface area (Å²) in [6, 6.07) is 0.0605. The van der Waals surface area contributed by atoms with E-state index in [0.29, 0.717) is 6.54 Å². The molecule has 18 heavy (non-hydrogen) atoms. The Balaban J connectivity index is 1.77. The van der Waals surface area contributed by atoms with Gasteiger partial charge in [-0.1, -0.05) is 5.16 Å². The van der Waals surface area contributed by atoms with Gasteiger partial charge in [-0.2, -0.15) is 0 Å². The van der Waals surface area contributed by atoms with E-state index < -0.39 is 0 Å². The molecule has 0 unspecified atom stereocenters. The number of hydrogen-bond acceptors (Lipinski definition) is 4. The van der Waals surface area contributed by atoms with Crippen molar-refractivity contribution in [2.24, 2.45) is 0 Å². The molecular formula is C12H19N3O3. The molecule has 100 valence electrons. The first kappa shape index (κ1) is 12.9. The van der Waals surface area contributed by atoms with E-state index in [1.165, 1.54) is 0 Å². The highest BCUT2D eigenvalue weighted by molar-refractivity contribution is 5.74. The molecule has 2 heterocycles. The number of amides is 2. The smallest absolute Gasteiger partial charge is 0.315 e. The van der Waals surface area contributed by atoms with Crippen LogP contribution in [0.15, 0.2) is 4.52 Å². The monoisotopic (exact) mass is 253 g/mol. The van der Waals surface area contributed by atoms with Gasteiger partial charge in [-0.05, 0) is 26.7 Å². The first-order chi connectivity index (χ1) is 8.66. The van der Waals surface area contributed by atoms with E-state index in [0.717, 1.165) is 43.1 Å². The van der Waals surface area contributed by atoms with Crippen LogP contribution in [0.5, 0.6) is 0 Å². The van der Waals surface area contributed by atoms with Crippen LogP contribution in [0.3, 0.4) is 0 Å². The van der Waals surface area contributed by atoms with Crippen molar-refractivity contribution in [3.63, 3.8) is 0 Å². The van der Waals surface area contributed by atoms with Crippen LogP contribution in [-0.2, 0) is 11.3 Å². The molecule has 0 saturated carbocycles. The molecule has 1 fully saturated rings. The molecule has 1 aliphatic rings. The van der Waals surface area contributed by atoms with Crippen LogP contribution < -0.4 is 10.6 Å². The third-order valence-electron chi connectivity index (χ3n) is 3.16. The van der Waals surface area contributed by atoms with Crippen molar-refractivity contribution in [2.75, 3.05) is 13.2 Å². The maximum absolute atomic E-state index is 11.7. The fraction of sp³-hybridized carbons (Fsp3) is 0.667. The fourth-order valence-electron chi connectivity index (χ4n) is 2.00. The SMILES string of the molecule is Cc1noc(C)c1CNC(=O)NC1CCOCC1. The second kappa shape index (κ2) is 5.86. The maximum atomic E-state index is 11.7. The number of rotatable bonds is 3. The zero-order valence-corrected chi connectivity index (χ0v) is 10.8. The number of carbonyl (C=O) groups excluding carboxylic acids is 1. The van der Waals surface area contributed by atoms with Gasteiger partial charge >= 0.3 is 6.03 Å². The third-order valence-corrected chi connectivity index (χ3v) is 3.16. The van der Waals surface area contributed by atoms with Crippen molar-refractivity contribution in [3.8, 4) is 0 Å². The van der Waals surface area contributed by atoms with E-state index >= 15 is 0 Å². The molecule has 0 spiro atoms. The lowest BCUT2D eigenvalue weighted by atomic mass is 10.1. The van der Waals surface area contributed by atoms with E-state index in [2.05, 4.69) is 15.8 Å². The van der Waals surface area contributed by atoms with Gasteiger partial charge in [0.25, 0.3) is 0 Å². The van der Waals surface area contributed by atoms with Gasteiger partial charge in [-0.15, -0.1) is 0 Å². The first-order valence-electron chi connectivity index (χ1n) is 6.20. The minimum Gasteiger partial charge on any atom is -0.381 e. The lowest BCUT2D eigenvalue weighted by Gasteiger charge is -2.23. The highest BCUT2D eigenvalue weighted by Crippen LogP contribution is 2.11. The molecule has 0 aliphatic carbocycles. The molecule has 1 aromatic heterocycles. The summed E-state index contributed by atoms with van der Waals surface area (Å²) in [7, 11) is 0. The van der Waals surface area contributed by atoms with Gasteiger partial charge in [0.1, 0.15) is 5.76 Å². The summed E-state index contributed by atoms with van der Waals surface area (Å²) in [4.78, 5) is 11.7. The molecule has 0 atom stereocenters. The Labute approximate surface area is 106 Å². The molecule has 2 rings (SSSR count). The molecule has 2 N–H and O–H groups in total. The van der Waals surface area contributed by atoms with Crippen molar-refractivity contribution in [2.45, 2.75) is 39.3 Å². The number of nitrogens with one attached hydrogen (secondary N) is 2.